The van der Waals surface area contributed by atoms with Gasteiger partial charge in [0.1, 0.15) is 0 Å². The molecule has 3 rings (SSSR count). The lowest BCUT2D eigenvalue weighted by Crippen LogP contribution is -1.98. The van der Waals surface area contributed by atoms with Crippen molar-refractivity contribution in [3.8, 4) is 23.4 Å². The molecule has 0 aliphatic rings. The molecule has 98 valence electrons. The van der Waals surface area contributed by atoms with E-state index in [1.807, 2.05) is 6.07 Å². The van der Waals surface area contributed by atoms with Gasteiger partial charge in [0, 0.05) is 12.1 Å². The SMILES string of the molecule is COc1cc(C#N)ccc1Oc1ccc2nnnn2n1. The van der Waals surface area contributed by atoms with Crippen molar-refractivity contribution in [2.24, 2.45) is 0 Å². The largest absolute Gasteiger partial charge is 0.493 e. The summed E-state index contributed by atoms with van der Waals surface area (Å²) in [5.41, 5.74) is 1.00. The number of nitriles is 1. The van der Waals surface area contributed by atoms with Crippen LogP contribution < -0.4 is 9.47 Å². The second kappa shape index (κ2) is 4.81. The Bertz CT molecular complexity index is 807. The van der Waals surface area contributed by atoms with E-state index >= 15 is 0 Å². The first-order valence-electron chi connectivity index (χ1n) is 5.61. The normalized spacial score (nSPS) is 10.2. The molecule has 0 aliphatic carbocycles. The Morgan fingerprint density at radius 3 is 2.90 bits per heavy atom. The van der Waals surface area contributed by atoms with Crippen molar-refractivity contribution in [1.82, 2.24) is 25.3 Å². The van der Waals surface area contributed by atoms with Crippen LogP contribution in [0, 0.1) is 11.3 Å². The van der Waals surface area contributed by atoms with E-state index in [9.17, 15) is 0 Å². The van der Waals surface area contributed by atoms with Crippen LogP contribution in [-0.2, 0) is 0 Å². The number of fused-ring (bicyclic) bond motifs is 1. The second-order valence-electron chi connectivity index (χ2n) is 3.78. The molecule has 0 atom stereocenters. The molecule has 0 aliphatic heterocycles. The Morgan fingerprint density at radius 1 is 1.20 bits per heavy atom. The maximum atomic E-state index is 8.85. The summed E-state index contributed by atoms with van der Waals surface area (Å²) in [6.45, 7) is 0. The Kier molecular flexibility index (Phi) is 2.85. The summed E-state index contributed by atoms with van der Waals surface area (Å²) in [7, 11) is 1.50. The lowest BCUT2D eigenvalue weighted by atomic mass is 10.2. The van der Waals surface area contributed by atoms with Crippen molar-refractivity contribution in [3.63, 3.8) is 0 Å². The minimum absolute atomic E-state index is 0.313. The van der Waals surface area contributed by atoms with Crippen LogP contribution >= 0.6 is 0 Å². The summed E-state index contributed by atoms with van der Waals surface area (Å²) in [4.78, 5) is 0. The number of nitrogens with zero attached hydrogens (tertiary/aromatic N) is 6. The topological polar surface area (TPSA) is 98.2 Å². The van der Waals surface area contributed by atoms with Crippen LogP contribution in [0.2, 0.25) is 0 Å². The van der Waals surface area contributed by atoms with Crippen molar-refractivity contribution in [2.75, 3.05) is 7.11 Å². The molecule has 0 radical (unpaired) electrons. The molecule has 0 amide bonds. The third-order valence-electron chi connectivity index (χ3n) is 2.55. The number of benzene rings is 1. The Balaban J connectivity index is 1.95. The van der Waals surface area contributed by atoms with Crippen LogP contribution in [0.15, 0.2) is 30.3 Å². The highest BCUT2D eigenvalue weighted by molar-refractivity contribution is 5.48. The molecular weight excluding hydrogens is 260 g/mol. The zero-order chi connectivity index (χ0) is 13.9. The van der Waals surface area contributed by atoms with Crippen LogP contribution in [0.4, 0.5) is 0 Å². The van der Waals surface area contributed by atoms with E-state index in [-0.39, 0.29) is 0 Å². The predicted molar refractivity (Wildman–Crippen MR) is 66.4 cm³/mol. The van der Waals surface area contributed by atoms with Gasteiger partial charge < -0.3 is 9.47 Å². The van der Waals surface area contributed by atoms with Gasteiger partial charge in [-0.3, -0.25) is 0 Å². The lowest BCUT2D eigenvalue weighted by molar-refractivity contribution is 0.370. The van der Waals surface area contributed by atoms with E-state index in [4.69, 9.17) is 14.7 Å². The summed E-state index contributed by atoms with van der Waals surface area (Å²) in [5, 5.41) is 23.9. The number of hydrogen-bond acceptors (Lipinski definition) is 7. The van der Waals surface area contributed by atoms with Gasteiger partial charge in [0.2, 0.25) is 5.88 Å². The molecule has 2 aromatic heterocycles. The minimum Gasteiger partial charge on any atom is -0.493 e. The van der Waals surface area contributed by atoms with Gasteiger partial charge in [0.25, 0.3) is 0 Å². The lowest BCUT2D eigenvalue weighted by Gasteiger charge is -2.09. The monoisotopic (exact) mass is 268 g/mol. The van der Waals surface area contributed by atoms with Gasteiger partial charge in [0.05, 0.1) is 18.7 Å². The molecule has 0 N–H and O–H groups in total. The summed E-state index contributed by atoms with van der Waals surface area (Å²) < 4.78 is 12.1. The quantitative estimate of drug-likeness (QED) is 0.703. The maximum absolute atomic E-state index is 8.85. The Labute approximate surface area is 113 Å². The van der Waals surface area contributed by atoms with Crippen molar-refractivity contribution in [2.45, 2.75) is 0 Å². The molecule has 1 aromatic carbocycles. The van der Waals surface area contributed by atoms with E-state index in [1.54, 1.807) is 30.3 Å². The van der Waals surface area contributed by atoms with Gasteiger partial charge in [-0.1, -0.05) is 0 Å². The standard InChI is InChI=1S/C12H8N6O2/c1-19-10-6-8(7-13)2-3-9(10)20-12-5-4-11-14-16-17-18(11)15-12/h2-6H,1H3. The van der Waals surface area contributed by atoms with E-state index in [0.29, 0.717) is 28.6 Å². The number of ether oxygens (including phenoxy) is 2. The third-order valence-corrected chi connectivity index (χ3v) is 2.55. The van der Waals surface area contributed by atoms with Gasteiger partial charge in [-0.2, -0.15) is 5.26 Å². The molecule has 0 saturated heterocycles. The summed E-state index contributed by atoms with van der Waals surface area (Å²) in [6, 6.07) is 10.2. The van der Waals surface area contributed by atoms with Crippen LogP contribution in [0.25, 0.3) is 5.65 Å². The summed E-state index contributed by atoms with van der Waals surface area (Å²) in [5.74, 6) is 1.21. The van der Waals surface area contributed by atoms with Crippen LogP contribution in [0.1, 0.15) is 5.56 Å². The Morgan fingerprint density at radius 2 is 2.10 bits per heavy atom. The average molecular weight is 268 g/mol. The van der Waals surface area contributed by atoms with Gasteiger partial charge in [-0.15, -0.1) is 14.8 Å². The molecule has 0 unspecified atom stereocenters. The predicted octanol–water partition coefficient (Wildman–Crippen LogP) is 1.19. The van der Waals surface area contributed by atoms with Crippen molar-refractivity contribution in [3.05, 3.63) is 35.9 Å². The fourth-order valence-electron chi connectivity index (χ4n) is 1.62. The highest BCUT2D eigenvalue weighted by Crippen LogP contribution is 2.31. The first-order chi connectivity index (χ1) is 9.80. The van der Waals surface area contributed by atoms with Gasteiger partial charge in [0.15, 0.2) is 17.1 Å². The smallest absolute Gasteiger partial charge is 0.239 e. The van der Waals surface area contributed by atoms with Crippen molar-refractivity contribution in [1.29, 1.82) is 5.26 Å². The van der Waals surface area contributed by atoms with Crippen LogP contribution in [0.5, 0.6) is 17.4 Å². The van der Waals surface area contributed by atoms with E-state index in [1.165, 1.54) is 11.7 Å². The van der Waals surface area contributed by atoms with Gasteiger partial charge in [-0.25, -0.2) is 0 Å². The zero-order valence-corrected chi connectivity index (χ0v) is 10.4. The fourth-order valence-corrected chi connectivity index (χ4v) is 1.62. The number of methoxy groups -OCH3 is 1. The molecule has 0 fully saturated rings. The van der Waals surface area contributed by atoms with Gasteiger partial charge >= 0.3 is 0 Å². The Hall–Kier alpha value is -3.21. The molecule has 3 aromatic rings. The average Bonchev–Trinajstić information content (AvgIpc) is 2.95. The van der Waals surface area contributed by atoms with Crippen molar-refractivity contribution < 1.29 is 9.47 Å². The van der Waals surface area contributed by atoms with Gasteiger partial charge in [-0.05, 0) is 28.6 Å². The van der Waals surface area contributed by atoms with E-state index in [0.717, 1.165) is 0 Å². The van der Waals surface area contributed by atoms with E-state index < -0.39 is 0 Å². The molecular formula is C12H8N6O2. The molecule has 8 nitrogen and oxygen atoms in total. The van der Waals surface area contributed by atoms with Crippen LogP contribution in [0.3, 0.4) is 0 Å². The number of rotatable bonds is 3. The summed E-state index contributed by atoms with van der Waals surface area (Å²) in [6.07, 6.45) is 0. The molecule has 8 heteroatoms. The van der Waals surface area contributed by atoms with E-state index in [2.05, 4.69) is 20.6 Å². The zero-order valence-electron chi connectivity index (χ0n) is 10.4. The molecule has 0 spiro atoms. The minimum atomic E-state index is 0.313. The van der Waals surface area contributed by atoms with Crippen molar-refractivity contribution >= 4 is 5.65 Å². The maximum Gasteiger partial charge on any atom is 0.239 e. The number of hydrogen-bond donors (Lipinski definition) is 0. The second-order valence-corrected chi connectivity index (χ2v) is 3.78. The number of tetrazole rings is 1. The molecule has 0 saturated carbocycles. The summed E-state index contributed by atoms with van der Waals surface area (Å²) >= 11 is 0. The molecule has 20 heavy (non-hydrogen) atoms. The first-order valence-corrected chi connectivity index (χ1v) is 5.61. The highest BCUT2D eigenvalue weighted by Gasteiger charge is 2.09. The van der Waals surface area contributed by atoms with Crippen LogP contribution in [-0.4, -0.2) is 32.4 Å². The molecule has 0 bridgehead atoms. The molecule has 2 heterocycles. The number of aromatic nitrogens is 5. The third kappa shape index (κ3) is 2.08. The fraction of sp³-hybridized carbons (Fsp3) is 0.0833. The highest BCUT2D eigenvalue weighted by atomic mass is 16.5. The first kappa shape index (κ1) is 11.9.